The van der Waals surface area contributed by atoms with Gasteiger partial charge in [-0.05, 0) is 37.1 Å². The van der Waals surface area contributed by atoms with E-state index in [0.29, 0.717) is 12.4 Å². The first-order chi connectivity index (χ1) is 13.2. The minimum atomic E-state index is 0.154. The van der Waals surface area contributed by atoms with Gasteiger partial charge in [-0.2, -0.15) is 0 Å². The van der Waals surface area contributed by atoms with Gasteiger partial charge in [0.2, 0.25) is 16.0 Å². The highest BCUT2D eigenvalue weighted by Gasteiger charge is 2.10. The number of aromatic nitrogens is 5. The van der Waals surface area contributed by atoms with Crippen LogP contribution in [-0.4, -0.2) is 30.7 Å². The second-order valence-electron chi connectivity index (χ2n) is 6.19. The van der Waals surface area contributed by atoms with Crippen LogP contribution in [0.5, 0.6) is 5.88 Å². The van der Waals surface area contributed by atoms with Crippen molar-refractivity contribution in [1.29, 1.82) is 0 Å². The number of rotatable bonds is 7. The molecular formula is C19H20N6OS. The summed E-state index contributed by atoms with van der Waals surface area (Å²) in [6.45, 7) is 4.78. The fraction of sp³-hybridized carbons (Fsp3) is 0.263. The van der Waals surface area contributed by atoms with E-state index in [2.05, 4.69) is 32.3 Å². The molecule has 0 saturated heterocycles. The van der Waals surface area contributed by atoms with Crippen LogP contribution in [-0.2, 0) is 6.54 Å². The maximum Gasteiger partial charge on any atom is 0.214 e. The molecule has 0 amide bonds. The molecule has 0 fully saturated rings. The smallest absolute Gasteiger partial charge is 0.214 e. The van der Waals surface area contributed by atoms with Crippen molar-refractivity contribution in [2.45, 2.75) is 32.9 Å². The summed E-state index contributed by atoms with van der Waals surface area (Å²) in [4.78, 5) is 13.9. The van der Waals surface area contributed by atoms with Gasteiger partial charge in [-0.1, -0.05) is 18.3 Å². The third-order valence-electron chi connectivity index (χ3n) is 4.14. The molecule has 27 heavy (non-hydrogen) atoms. The highest BCUT2D eigenvalue weighted by Crippen LogP contribution is 2.24. The predicted molar refractivity (Wildman–Crippen MR) is 106 cm³/mol. The van der Waals surface area contributed by atoms with E-state index in [9.17, 15) is 0 Å². The van der Waals surface area contributed by atoms with E-state index in [1.807, 2.05) is 37.4 Å². The van der Waals surface area contributed by atoms with Gasteiger partial charge in [-0.25, -0.2) is 14.5 Å². The Hall–Kier alpha value is -3.00. The minimum absolute atomic E-state index is 0.154. The van der Waals surface area contributed by atoms with Gasteiger partial charge in [0.15, 0.2) is 0 Å². The Bertz CT molecular complexity index is 998. The lowest BCUT2D eigenvalue weighted by Crippen LogP contribution is -2.11. The average Bonchev–Trinajstić information content (AvgIpc) is 3.26. The standard InChI is InChI=1S/C19H20N6OS/c1-3-13(2)26-17-9-14(6-8-21-17)10-22-18-24-25-12-16(23-19(25)27-18)15-5-4-7-20-11-15/h4-9,11-13H,3,10H2,1-2H3,(H,22,24). The number of pyridine rings is 2. The molecule has 4 aromatic heterocycles. The van der Waals surface area contributed by atoms with E-state index in [4.69, 9.17) is 4.74 Å². The van der Waals surface area contributed by atoms with E-state index in [1.165, 1.54) is 11.3 Å². The van der Waals surface area contributed by atoms with Gasteiger partial charge in [0.05, 0.1) is 18.0 Å². The Morgan fingerprint density at radius 3 is 3.00 bits per heavy atom. The molecule has 0 bridgehead atoms. The number of anilines is 1. The van der Waals surface area contributed by atoms with Gasteiger partial charge in [-0.15, -0.1) is 5.10 Å². The summed E-state index contributed by atoms with van der Waals surface area (Å²) in [5, 5.41) is 8.71. The number of hydrogen-bond donors (Lipinski definition) is 1. The van der Waals surface area contributed by atoms with Crippen LogP contribution in [0.3, 0.4) is 0 Å². The molecule has 1 N–H and O–H groups in total. The molecule has 0 aliphatic heterocycles. The first kappa shape index (κ1) is 17.4. The highest BCUT2D eigenvalue weighted by atomic mass is 32.1. The molecule has 4 rings (SSSR count). The summed E-state index contributed by atoms with van der Waals surface area (Å²) in [5.74, 6) is 0.652. The van der Waals surface area contributed by atoms with Crippen molar-refractivity contribution in [3.05, 3.63) is 54.6 Å². The topological polar surface area (TPSA) is 77.2 Å². The largest absolute Gasteiger partial charge is 0.475 e. The lowest BCUT2D eigenvalue weighted by atomic mass is 10.2. The first-order valence-corrected chi connectivity index (χ1v) is 9.65. The quantitative estimate of drug-likeness (QED) is 0.521. The zero-order valence-corrected chi connectivity index (χ0v) is 16.0. The first-order valence-electron chi connectivity index (χ1n) is 8.83. The zero-order valence-electron chi connectivity index (χ0n) is 15.2. The number of fused-ring (bicyclic) bond motifs is 1. The lowest BCUT2D eigenvalue weighted by molar-refractivity contribution is 0.208. The van der Waals surface area contributed by atoms with Crippen LogP contribution in [0.2, 0.25) is 0 Å². The van der Waals surface area contributed by atoms with Gasteiger partial charge >= 0.3 is 0 Å². The van der Waals surface area contributed by atoms with Gasteiger partial charge in [0.25, 0.3) is 0 Å². The van der Waals surface area contributed by atoms with E-state index >= 15 is 0 Å². The van der Waals surface area contributed by atoms with E-state index in [-0.39, 0.29) is 6.10 Å². The van der Waals surface area contributed by atoms with E-state index < -0.39 is 0 Å². The van der Waals surface area contributed by atoms with Gasteiger partial charge < -0.3 is 10.1 Å². The molecule has 0 spiro atoms. The fourth-order valence-corrected chi connectivity index (χ4v) is 3.29. The number of imidazole rings is 1. The van der Waals surface area contributed by atoms with Crippen molar-refractivity contribution in [1.82, 2.24) is 24.6 Å². The summed E-state index contributed by atoms with van der Waals surface area (Å²) in [7, 11) is 0. The molecule has 1 unspecified atom stereocenters. The van der Waals surface area contributed by atoms with Crippen molar-refractivity contribution in [2.75, 3.05) is 5.32 Å². The van der Waals surface area contributed by atoms with Crippen molar-refractivity contribution in [3.8, 4) is 17.1 Å². The Labute approximate surface area is 161 Å². The second kappa shape index (κ2) is 7.71. The molecule has 8 heteroatoms. The van der Waals surface area contributed by atoms with Crippen LogP contribution >= 0.6 is 11.3 Å². The number of hydrogen-bond acceptors (Lipinski definition) is 7. The molecule has 0 radical (unpaired) electrons. The number of nitrogens with zero attached hydrogens (tertiary/aromatic N) is 5. The van der Waals surface area contributed by atoms with Crippen LogP contribution in [0, 0.1) is 0 Å². The maximum absolute atomic E-state index is 5.78. The van der Waals surface area contributed by atoms with Crippen LogP contribution in [0.15, 0.2) is 49.1 Å². The van der Waals surface area contributed by atoms with Crippen molar-refractivity contribution in [2.24, 2.45) is 0 Å². The van der Waals surface area contributed by atoms with Crippen LogP contribution in [0.25, 0.3) is 16.2 Å². The van der Waals surface area contributed by atoms with Crippen molar-refractivity contribution < 1.29 is 4.74 Å². The third kappa shape index (κ3) is 4.06. The summed E-state index contributed by atoms with van der Waals surface area (Å²) in [6.07, 6.45) is 8.34. The normalized spacial score (nSPS) is 12.2. The van der Waals surface area contributed by atoms with Crippen LogP contribution < -0.4 is 10.1 Å². The van der Waals surface area contributed by atoms with E-state index in [1.54, 1.807) is 23.1 Å². The molecule has 0 aromatic carbocycles. The fourth-order valence-electron chi connectivity index (χ4n) is 2.52. The van der Waals surface area contributed by atoms with Gasteiger partial charge in [0, 0.05) is 36.8 Å². The van der Waals surface area contributed by atoms with Crippen molar-refractivity contribution in [3.63, 3.8) is 0 Å². The zero-order chi connectivity index (χ0) is 18.6. The van der Waals surface area contributed by atoms with Crippen molar-refractivity contribution >= 4 is 21.4 Å². The van der Waals surface area contributed by atoms with Gasteiger partial charge in [0.1, 0.15) is 0 Å². The highest BCUT2D eigenvalue weighted by molar-refractivity contribution is 7.20. The predicted octanol–water partition coefficient (Wildman–Crippen LogP) is 4.04. The second-order valence-corrected chi connectivity index (χ2v) is 7.15. The molecule has 138 valence electrons. The maximum atomic E-state index is 5.78. The minimum Gasteiger partial charge on any atom is -0.475 e. The Morgan fingerprint density at radius 2 is 2.22 bits per heavy atom. The van der Waals surface area contributed by atoms with E-state index in [0.717, 1.165) is 33.3 Å². The molecule has 0 aliphatic carbocycles. The summed E-state index contributed by atoms with van der Waals surface area (Å²) < 4.78 is 7.57. The van der Waals surface area contributed by atoms with Gasteiger partial charge in [-0.3, -0.25) is 4.98 Å². The van der Waals surface area contributed by atoms with Crippen LogP contribution in [0.1, 0.15) is 25.8 Å². The Kier molecular flexibility index (Phi) is 4.97. The Balaban J connectivity index is 1.44. The number of nitrogens with one attached hydrogen (secondary N) is 1. The molecule has 1 atom stereocenters. The Morgan fingerprint density at radius 1 is 1.30 bits per heavy atom. The molecular weight excluding hydrogens is 360 g/mol. The molecule has 7 nitrogen and oxygen atoms in total. The summed E-state index contributed by atoms with van der Waals surface area (Å²) in [6, 6.07) is 7.81. The SMILES string of the molecule is CCC(C)Oc1cc(CNc2nn3cc(-c4cccnc4)nc3s2)ccn1. The van der Waals surface area contributed by atoms with Crippen LogP contribution in [0.4, 0.5) is 5.13 Å². The molecule has 0 aliphatic rings. The molecule has 4 aromatic rings. The molecule has 4 heterocycles. The average molecular weight is 380 g/mol. The third-order valence-corrected chi connectivity index (χ3v) is 5.02. The molecule has 0 saturated carbocycles. The summed E-state index contributed by atoms with van der Waals surface area (Å²) >= 11 is 1.51. The summed E-state index contributed by atoms with van der Waals surface area (Å²) in [5.41, 5.74) is 2.94. The lowest BCUT2D eigenvalue weighted by Gasteiger charge is -2.12. The number of ether oxygens (including phenoxy) is 1. The monoisotopic (exact) mass is 380 g/mol.